The summed E-state index contributed by atoms with van der Waals surface area (Å²) in [6, 6.07) is 16.3. The normalized spacial score (nSPS) is 10.8. The molecule has 3 rings (SSSR count). The number of amides is 1. The number of aryl methyl sites for hydroxylation is 1. The van der Waals surface area contributed by atoms with E-state index in [0.717, 1.165) is 26.8 Å². The van der Waals surface area contributed by atoms with Crippen LogP contribution >= 0.6 is 35.5 Å². The van der Waals surface area contributed by atoms with Crippen molar-refractivity contribution in [3.8, 4) is 0 Å². The van der Waals surface area contributed by atoms with E-state index in [2.05, 4.69) is 41.1 Å². The fraction of sp³-hybridized carbons (Fsp3) is 0.300. The fourth-order valence-corrected chi connectivity index (χ4v) is 4.24. The minimum atomic E-state index is 0. The highest BCUT2D eigenvalue weighted by Crippen LogP contribution is 2.29. The van der Waals surface area contributed by atoms with E-state index in [0.29, 0.717) is 12.3 Å². The van der Waals surface area contributed by atoms with Gasteiger partial charge in [-0.15, -0.1) is 24.2 Å². The molecule has 1 aromatic heterocycles. The molecule has 0 aliphatic heterocycles. The molecule has 0 atom stereocenters. The van der Waals surface area contributed by atoms with Crippen molar-refractivity contribution in [2.75, 3.05) is 37.8 Å². The van der Waals surface area contributed by atoms with Gasteiger partial charge in [0.05, 0.1) is 16.0 Å². The van der Waals surface area contributed by atoms with Gasteiger partial charge in [0.15, 0.2) is 5.13 Å². The quantitative estimate of drug-likeness (QED) is 0.517. The Morgan fingerprint density at radius 1 is 1.07 bits per heavy atom. The van der Waals surface area contributed by atoms with Crippen LogP contribution in [0.15, 0.2) is 53.4 Å². The van der Waals surface area contributed by atoms with Gasteiger partial charge in [0.2, 0.25) is 5.91 Å². The van der Waals surface area contributed by atoms with Gasteiger partial charge < -0.3 is 4.90 Å². The molecule has 0 saturated carbocycles. The number of anilines is 1. The molecule has 7 heteroatoms. The molecule has 3 aromatic rings. The van der Waals surface area contributed by atoms with Crippen LogP contribution in [0.1, 0.15) is 5.56 Å². The largest absolute Gasteiger partial charge is 0.308 e. The van der Waals surface area contributed by atoms with E-state index >= 15 is 0 Å². The Kier molecular flexibility index (Phi) is 8.10. The van der Waals surface area contributed by atoms with Crippen molar-refractivity contribution in [1.82, 2.24) is 9.88 Å². The van der Waals surface area contributed by atoms with E-state index in [1.165, 1.54) is 5.56 Å². The topological polar surface area (TPSA) is 36.4 Å². The number of carbonyl (C=O) groups excluding carboxylic acids is 1. The maximum Gasteiger partial charge on any atom is 0.239 e. The van der Waals surface area contributed by atoms with Crippen LogP contribution < -0.4 is 4.90 Å². The molecule has 27 heavy (non-hydrogen) atoms. The minimum absolute atomic E-state index is 0. The monoisotopic (exact) mass is 421 g/mol. The highest BCUT2D eigenvalue weighted by molar-refractivity contribution is 8.00. The van der Waals surface area contributed by atoms with Gasteiger partial charge in [-0.2, -0.15) is 0 Å². The van der Waals surface area contributed by atoms with Crippen molar-refractivity contribution in [2.45, 2.75) is 11.8 Å². The molecule has 0 unspecified atom stereocenters. The first-order chi connectivity index (χ1) is 12.5. The van der Waals surface area contributed by atoms with Crippen LogP contribution in [0.3, 0.4) is 0 Å². The minimum Gasteiger partial charge on any atom is -0.308 e. The molecule has 0 saturated heterocycles. The predicted octanol–water partition coefficient (Wildman–Crippen LogP) is 4.71. The van der Waals surface area contributed by atoms with Gasteiger partial charge in [0.1, 0.15) is 0 Å². The Morgan fingerprint density at radius 3 is 2.44 bits per heavy atom. The molecular formula is C20H24ClN3OS2. The van der Waals surface area contributed by atoms with E-state index in [-0.39, 0.29) is 18.3 Å². The SMILES string of the molecule is Cc1ccc(SCC(=O)N(CCN(C)C)c2nc3ccccc3s2)cc1.Cl. The Labute approximate surface area is 175 Å². The van der Waals surface area contributed by atoms with E-state index in [1.54, 1.807) is 23.1 Å². The predicted molar refractivity (Wildman–Crippen MR) is 120 cm³/mol. The second kappa shape index (κ2) is 10.1. The summed E-state index contributed by atoms with van der Waals surface area (Å²) < 4.78 is 1.11. The summed E-state index contributed by atoms with van der Waals surface area (Å²) in [6.07, 6.45) is 0. The molecule has 1 amide bonds. The molecule has 1 heterocycles. The van der Waals surface area contributed by atoms with Crippen LogP contribution in [0.5, 0.6) is 0 Å². The van der Waals surface area contributed by atoms with Crippen molar-refractivity contribution in [3.63, 3.8) is 0 Å². The average molecular weight is 422 g/mol. The summed E-state index contributed by atoms with van der Waals surface area (Å²) in [7, 11) is 4.03. The summed E-state index contributed by atoms with van der Waals surface area (Å²) >= 11 is 3.15. The van der Waals surface area contributed by atoms with Crippen LogP contribution in [-0.2, 0) is 4.79 Å². The Morgan fingerprint density at radius 2 is 1.78 bits per heavy atom. The number of rotatable bonds is 7. The van der Waals surface area contributed by atoms with Crippen LogP contribution in [0.25, 0.3) is 10.2 Å². The molecule has 0 radical (unpaired) electrons. The van der Waals surface area contributed by atoms with Gasteiger partial charge >= 0.3 is 0 Å². The lowest BCUT2D eigenvalue weighted by Crippen LogP contribution is -2.37. The van der Waals surface area contributed by atoms with Gasteiger partial charge in [-0.3, -0.25) is 9.69 Å². The summed E-state index contributed by atoms with van der Waals surface area (Å²) in [4.78, 5) is 22.6. The van der Waals surface area contributed by atoms with Crippen LogP contribution in [-0.4, -0.2) is 48.7 Å². The van der Waals surface area contributed by atoms with E-state index in [4.69, 9.17) is 0 Å². The third-order valence-electron chi connectivity index (χ3n) is 3.97. The molecule has 2 aromatic carbocycles. The number of nitrogens with zero attached hydrogens (tertiary/aromatic N) is 3. The van der Waals surface area contributed by atoms with Crippen molar-refractivity contribution in [2.24, 2.45) is 0 Å². The highest BCUT2D eigenvalue weighted by atomic mass is 35.5. The molecule has 0 N–H and O–H groups in total. The zero-order chi connectivity index (χ0) is 18.5. The molecular weight excluding hydrogens is 398 g/mol. The van der Waals surface area contributed by atoms with E-state index in [1.807, 2.05) is 43.3 Å². The summed E-state index contributed by atoms with van der Waals surface area (Å²) in [5.41, 5.74) is 2.17. The zero-order valence-corrected chi connectivity index (χ0v) is 18.2. The van der Waals surface area contributed by atoms with Gasteiger partial charge in [0.25, 0.3) is 0 Å². The number of benzene rings is 2. The van der Waals surface area contributed by atoms with Crippen LogP contribution in [0.2, 0.25) is 0 Å². The zero-order valence-electron chi connectivity index (χ0n) is 15.7. The number of para-hydroxylation sites is 1. The number of thiazole rings is 1. The summed E-state index contributed by atoms with van der Waals surface area (Å²) in [5.74, 6) is 0.503. The second-order valence-corrected chi connectivity index (χ2v) is 8.47. The number of halogens is 1. The Balaban J connectivity index is 0.00000261. The standard InChI is InChI=1S/C20H23N3OS2.ClH/c1-15-8-10-16(11-9-15)25-14-19(24)23(13-12-22(2)3)20-21-17-6-4-5-7-18(17)26-20;/h4-11H,12-14H2,1-3H3;1H. The number of aromatic nitrogens is 1. The first-order valence-electron chi connectivity index (χ1n) is 8.53. The number of carbonyl (C=O) groups is 1. The molecule has 0 fully saturated rings. The van der Waals surface area contributed by atoms with E-state index < -0.39 is 0 Å². The number of hydrogen-bond acceptors (Lipinski definition) is 5. The molecule has 0 aliphatic rings. The Hall–Kier alpha value is -1.60. The molecule has 0 bridgehead atoms. The first-order valence-corrected chi connectivity index (χ1v) is 10.3. The van der Waals surface area contributed by atoms with Crippen molar-refractivity contribution in [3.05, 3.63) is 54.1 Å². The lowest BCUT2D eigenvalue weighted by Gasteiger charge is -2.21. The number of thioether (sulfide) groups is 1. The van der Waals surface area contributed by atoms with Crippen LogP contribution in [0, 0.1) is 6.92 Å². The van der Waals surface area contributed by atoms with Crippen LogP contribution in [0.4, 0.5) is 5.13 Å². The van der Waals surface area contributed by atoms with Crippen molar-refractivity contribution < 1.29 is 4.79 Å². The molecule has 0 aliphatic carbocycles. The third kappa shape index (κ3) is 5.94. The van der Waals surface area contributed by atoms with Gasteiger partial charge in [-0.25, -0.2) is 4.98 Å². The fourth-order valence-electron chi connectivity index (χ4n) is 2.46. The number of likely N-dealkylation sites (N-methyl/N-ethyl adjacent to an activating group) is 1. The Bertz CT molecular complexity index is 847. The van der Waals surface area contributed by atoms with Gasteiger partial charge in [-0.1, -0.05) is 41.2 Å². The highest BCUT2D eigenvalue weighted by Gasteiger charge is 2.20. The van der Waals surface area contributed by atoms with Gasteiger partial charge in [-0.05, 0) is 45.3 Å². The van der Waals surface area contributed by atoms with Gasteiger partial charge in [0, 0.05) is 18.0 Å². The third-order valence-corrected chi connectivity index (χ3v) is 6.02. The lowest BCUT2D eigenvalue weighted by atomic mass is 10.2. The number of hydrogen-bond donors (Lipinski definition) is 0. The summed E-state index contributed by atoms with van der Waals surface area (Å²) in [6.45, 7) is 3.51. The molecule has 144 valence electrons. The van der Waals surface area contributed by atoms with E-state index in [9.17, 15) is 4.79 Å². The molecule has 0 spiro atoms. The summed E-state index contributed by atoms with van der Waals surface area (Å²) in [5, 5.41) is 0.780. The second-order valence-electron chi connectivity index (χ2n) is 6.41. The van der Waals surface area contributed by atoms with Crippen molar-refractivity contribution >= 4 is 56.8 Å². The first kappa shape index (κ1) is 21.7. The van der Waals surface area contributed by atoms with Crippen molar-refractivity contribution in [1.29, 1.82) is 0 Å². The smallest absolute Gasteiger partial charge is 0.239 e. The maximum absolute atomic E-state index is 12.9. The average Bonchev–Trinajstić information content (AvgIpc) is 3.05. The lowest BCUT2D eigenvalue weighted by molar-refractivity contribution is -0.116. The maximum atomic E-state index is 12.9. The number of fused-ring (bicyclic) bond motifs is 1. The molecule has 4 nitrogen and oxygen atoms in total.